The average molecular weight is 603 g/mol. The molecule has 4 rings (SSSR count). The van der Waals surface area contributed by atoms with Gasteiger partial charge in [0.25, 0.3) is 5.91 Å². The van der Waals surface area contributed by atoms with Crippen LogP contribution in [0.3, 0.4) is 0 Å². The number of hydrogen-bond acceptors (Lipinski definition) is 5. The van der Waals surface area contributed by atoms with E-state index in [0.29, 0.717) is 11.3 Å². The second kappa shape index (κ2) is 12.4. The molecule has 0 saturated heterocycles. The molecule has 14 heteroatoms. The highest BCUT2D eigenvalue weighted by Gasteiger charge is 2.33. The maximum atomic E-state index is 13.3. The smallest absolute Gasteiger partial charge is 0.366 e. The Labute approximate surface area is 241 Å². The molecule has 224 valence electrons. The first-order valence-electron chi connectivity index (χ1n) is 12.6. The number of halogens is 6. The molecule has 0 unspecified atom stereocenters. The molecule has 1 heterocycles. The summed E-state index contributed by atoms with van der Waals surface area (Å²) in [5, 5.41) is 7.99. The van der Waals surface area contributed by atoms with Crippen molar-refractivity contribution in [2.75, 3.05) is 27.9 Å². The Balaban J connectivity index is 1.43. The normalized spacial score (nSPS) is 11.5. The summed E-state index contributed by atoms with van der Waals surface area (Å²) >= 11 is 0. The van der Waals surface area contributed by atoms with Gasteiger partial charge in [0.2, 0.25) is 0 Å². The van der Waals surface area contributed by atoms with Crippen LogP contribution in [0.5, 0.6) is 0 Å². The zero-order chi connectivity index (χ0) is 31.4. The summed E-state index contributed by atoms with van der Waals surface area (Å²) in [7, 11) is 1.41. The molecule has 0 aliphatic carbocycles. The zero-order valence-electron chi connectivity index (χ0n) is 22.6. The lowest BCUT2D eigenvalue weighted by Crippen LogP contribution is -2.32. The fourth-order valence-corrected chi connectivity index (χ4v) is 3.94. The van der Waals surface area contributed by atoms with Crippen LogP contribution in [0, 0.1) is 6.92 Å². The van der Waals surface area contributed by atoms with Gasteiger partial charge in [-0.2, -0.15) is 26.3 Å². The van der Waals surface area contributed by atoms with Crippen molar-refractivity contribution in [2.24, 2.45) is 0 Å². The number of nitrogens with zero attached hydrogens (tertiary/aromatic N) is 3. The predicted octanol–water partition coefficient (Wildman–Crippen LogP) is 7.36. The SMILES string of the molecule is Cc1ccc(NC(=O)c2cccc(C(F)(F)F)c2)cc1NC(=O)N(C)c1cc(NCc2ccccc2C(F)(F)F)ncn1. The van der Waals surface area contributed by atoms with E-state index in [4.69, 9.17) is 0 Å². The van der Waals surface area contributed by atoms with Crippen molar-refractivity contribution in [1.82, 2.24) is 9.97 Å². The highest BCUT2D eigenvalue weighted by molar-refractivity contribution is 6.05. The number of aryl methyl sites for hydroxylation is 1. The molecule has 0 bridgehead atoms. The van der Waals surface area contributed by atoms with Gasteiger partial charge in [-0.3, -0.25) is 9.69 Å². The van der Waals surface area contributed by atoms with E-state index in [0.717, 1.165) is 35.5 Å². The molecule has 0 radical (unpaired) electrons. The molecule has 0 aliphatic heterocycles. The quantitative estimate of drug-likeness (QED) is 0.192. The topological polar surface area (TPSA) is 99.2 Å². The Morgan fingerprint density at radius 1 is 0.837 bits per heavy atom. The maximum Gasteiger partial charge on any atom is 0.416 e. The van der Waals surface area contributed by atoms with Gasteiger partial charge in [0.1, 0.15) is 18.0 Å². The highest BCUT2D eigenvalue weighted by atomic mass is 19.4. The molecule has 3 amide bonds. The second-order valence-corrected chi connectivity index (χ2v) is 9.32. The van der Waals surface area contributed by atoms with E-state index < -0.39 is 35.4 Å². The number of anilines is 4. The number of aromatic nitrogens is 2. The summed E-state index contributed by atoms with van der Waals surface area (Å²) in [4.78, 5) is 34.8. The number of nitrogens with one attached hydrogen (secondary N) is 3. The molecular weight excluding hydrogens is 578 g/mol. The lowest BCUT2D eigenvalue weighted by Gasteiger charge is -2.19. The van der Waals surface area contributed by atoms with Crippen molar-refractivity contribution in [2.45, 2.75) is 25.8 Å². The van der Waals surface area contributed by atoms with Crippen LogP contribution in [0.2, 0.25) is 0 Å². The second-order valence-electron chi connectivity index (χ2n) is 9.32. The molecule has 3 N–H and O–H groups in total. The zero-order valence-corrected chi connectivity index (χ0v) is 22.6. The summed E-state index contributed by atoms with van der Waals surface area (Å²) in [5.74, 6) is -0.467. The van der Waals surface area contributed by atoms with Crippen LogP contribution < -0.4 is 20.9 Å². The predicted molar refractivity (Wildman–Crippen MR) is 149 cm³/mol. The van der Waals surface area contributed by atoms with E-state index in [-0.39, 0.29) is 35.0 Å². The van der Waals surface area contributed by atoms with Gasteiger partial charge in [-0.25, -0.2) is 14.8 Å². The van der Waals surface area contributed by atoms with Gasteiger partial charge >= 0.3 is 18.4 Å². The van der Waals surface area contributed by atoms with Crippen LogP contribution >= 0.6 is 0 Å². The van der Waals surface area contributed by atoms with Crippen molar-refractivity contribution >= 4 is 34.9 Å². The van der Waals surface area contributed by atoms with Crippen LogP contribution in [0.4, 0.5) is 54.1 Å². The van der Waals surface area contributed by atoms with E-state index in [1.54, 1.807) is 13.0 Å². The molecule has 43 heavy (non-hydrogen) atoms. The number of urea groups is 1. The van der Waals surface area contributed by atoms with Gasteiger partial charge < -0.3 is 16.0 Å². The van der Waals surface area contributed by atoms with Gasteiger partial charge in [0.15, 0.2) is 0 Å². The molecule has 0 saturated carbocycles. The lowest BCUT2D eigenvalue weighted by atomic mass is 10.1. The van der Waals surface area contributed by atoms with Crippen molar-refractivity contribution in [3.63, 3.8) is 0 Å². The fourth-order valence-electron chi connectivity index (χ4n) is 3.94. The molecule has 0 atom stereocenters. The molecule has 8 nitrogen and oxygen atoms in total. The molecule has 1 aromatic heterocycles. The van der Waals surface area contributed by atoms with Crippen LogP contribution in [0.25, 0.3) is 0 Å². The summed E-state index contributed by atoms with van der Waals surface area (Å²) in [5.41, 5.74) is -0.792. The molecule has 0 spiro atoms. The monoisotopic (exact) mass is 602 g/mol. The van der Waals surface area contributed by atoms with Gasteiger partial charge in [-0.1, -0.05) is 30.3 Å². The summed E-state index contributed by atoms with van der Waals surface area (Å²) < 4.78 is 79.0. The van der Waals surface area contributed by atoms with E-state index in [1.807, 2.05) is 0 Å². The Kier molecular flexibility index (Phi) is 8.88. The first kappa shape index (κ1) is 30.8. The van der Waals surface area contributed by atoms with Crippen LogP contribution in [-0.2, 0) is 18.9 Å². The minimum Gasteiger partial charge on any atom is -0.366 e. The fraction of sp³-hybridized carbons (Fsp3) is 0.172. The van der Waals surface area contributed by atoms with E-state index >= 15 is 0 Å². The molecule has 3 aromatic carbocycles. The first-order chi connectivity index (χ1) is 20.2. The summed E-state index contributed by atoms with van der Waals surface area (Å²) in [6.45, 7) is 1.51. The van der Waals surface area contributed by atoms with E-state index in [2.05, 4.69) is 25.9 Å². The standard InChI is InChI=1S/C29H24F6N6O2/c1-17-10-11-21(39-26(42)18-7-5-8-20(12-18)28(30,31)32)13-23(17)40-27(43)41(2)25-14-24(37-16-38-25)36-15-19-6-3-4-9-22(19)29(33,34)35/h3-14,16H,15H2,1-2H3,(H,39,42)(H,40,43)(H,36,37,38). The third-order valence-electron chi connectivity index (χ3n) is 6.27. The Morgan fingerprint density at radius 2 is 1.58 bits per heavy atom. The summed E-state index contributed by atoms with van der Waals surface area (Å²) in [6, 6.07) is 14.4. The minimum absolute atomic E-state index is 0.0109. The first-order valence-corrected chi connectivity index (χ1v) is 12.6. The third kappa shape index (κ3) is 7.78. The molecular formula is C29H24F6N6O2. The highest BCUT2D eigenvalue weighted by Crippen LogP contribution is 2.32. The largest absolute Gasteiger partial charge is 0.416 e. The van der Waals surface area contributed by atoms with Crippen LogP contribution in [0.15, 0.2) is 79.1 Å². The Morgan fingerprint density at radius 3 is 2.30 bits per heavy atom. The molecule has 4 aromatic rings. The van der Waals surface area contributed by atoms with Crippen molar-refractivity contribution in [3.8, 4) is 0 Å². The number of rotatable bonds is 7. The van der Waals surface area contributed by atoms with Crippen molar-refractivity contribution in [3.05, 3.63) is 107 Å². The van der Waals surface area contributed by atoms with Gasteiger partial charge in [-0.15, -0.1) is 0 Å². The lowest BCUT2D eigenvalue weighted by molar-refractivity contribution is -0.138. The third-order valence-corrected chi connectivity index (χ3v) is 6.27. The Hall–Kier alpha value is -5.14. The summed E-state index contributed by atoms with van der Waals surface area (Å²) in [6.07, 6.45) is -7.99. The number of amides is 3. The minimum atomic E-state index is -4.61. The van der Waals surface area contributed by atoms with Crippen LogP contribution in [0.1, 0.15) is 32.6 Å². The number of carbonyl (C=O) groups excluding carboxylic acids is 2. The van der Waals surface area contributed by atoms with Gasteiger partial charge in [-0.05, 0) is 54.4 Å². The molecule has 0 aliphatic rings. The Bertz CT molecular complexity index is 1640. The molecule has 0 fully saturated rings. The van der Waals surface area contributed by atoms with E-state index in [9.17, 15) is 35.9 Å². The number of benzene rings is 3. The van der Waals surface area contributed by atoms with Gasteiger partial charge in [0.05, 0.1) is 11.1 Å². The van der Waals surface area contributed by atoms with E-state index in [1.165, 1.54) is 49.5 Å². The number of alkyl halides is 6. The number of hydrogen-bond donors (Lipinski definition) is 3. The van der Waals surface area contributed by atoms with Gasteiger partial charge in [0, 0.05) is 36.6 Å². The van der Waals surface area contributed by atoms with Crippen molar-refractivity contribution in [1.29, 1.82) is 0 Å². The maximum absolute atomic E-state index is 13.3. The van der Waals surface area contributed by atoms with Crippen molar-refractivity contribution < 1.29 is 35.9 Å². The van der Waals surface area contributed by atoms with Crippen LogP contribution in [-0.4, -0.2) is 29.0 Å². The number of carbonyl (C=O) groups is 2. The average Bonchev–Trinajstić information content (AvgIpc) is 2.96.